The molecular formula is C17H22N2O2. The van der Waals surface area contributed by atoms with Crippen molar-refractivity contribution in [1.82, 2.24) is 4.90 Å². The second-order valence-electron chi connectivity index (χ2n) is 6.16. The number of carbonyl (C=O) groups excluding carboxylic acids is 2. The Morgan fingerprint density at radius 1 is 1.38 bits per heavy atom. The van der Waals surface area contributed by atoms with Gasteiger partial charge in [-0.05, 0) is 49.4 Å². The number of carbonyl (C=O) groups is 2. The van der Waals surface area contributed by atoms with E-state index in [0.29, 0.717) is 24.4 Å². The molecule has 0 radical (unpaired) electrons. The van der Waals surface area contributed by atoms with Gasteiger partial charge in [0.15, 0.2) is 0 Å². The number of benzene rings is 1. The number of fused-ring (bicyclic) bond motifs is 1. The van der Waals surface area contributed by atoms with Crippen molar-refractivity contribution in [3.05, 3.63) is 29.3 Å². The third kappa shape index (κ3) is 2.55. The highest BCUT2D eigenvalue weighted by Gasteiger charge is 2.28. The van der Waals surface area contributed by atoms with Crippen molar-refractivity contribution in [2.75, 3.05) is 24.5 Å². The molecule has 3 rings (SSSR count). The fourth-order valence-corrected chi connectivity index (χ4v) is 3.42. The minimum absolute atomic E-state index is 0.103. The van der Waals surface area contributed by atoms with Crippen LogP contribution in [0.3, 0.4) is 0 Å². The normalized spacial score (nSPS) is 21.6. The molecule has 0 aromatic heterocycles. The smallest absolute Gasteiger partial charge is 0.253 e. The second-order valence-corrected chi connectivity index (χ2v) is 6.16. The van der Waals surface area contributed by atoms with Crippen LogP contribution in [-0.2, 0) is 11.2 Å². The van der Waals surface area contributed by atoms with Gasteiger partial charge >= 0.3 is 0 Å². The minimum atomic E-state index is 0.103. The first-order valence-electron chi connectivity index (χ1n) is 7.82. The molecule has 1 atom stereocenters. The molecule has 1 fully saturated rings. The van der Waals surface area contributed by atoms with E-state index in [1.54, 1.807) is 4.90 Å². The Balaban J connectivity index is 1.83. The topological polar surface area (TPSA) is 40.6 Å². The summed E-state index contributed by atoms with van der Waals surface area (Å²) in [6.07, 6.45) is 2.70. The summed E-state index contributed by atoms with van der Waals surface area (Å²) in [4.78, 5) is 28.3. The maximum atomic E-state index is 12.6. The largest absolute Gasteiger partial charge is 0.338 e. The molecule has 1 saturated heterocycles. The van der Waals surface area contributed by atoms with Crippen LogP contribution in [0.4, 0.5) is 5.69 Å². The number of amides is 2. The van der Waals surface area contributed by atoms with Crippen LogP contribution in [0, 0.1) is 5.92 Å². The van der Waals surface area contributed by atoms with Crippen LogP contribution in [0.25, 0.3) is 0 Å². The minimum Gasteiger partial charge on any atom is -0.338 e. The monoisotopic (exact) mass is 286 g/mol. The number of anilines is 1. The van der Waals surface area contributed by atoms with Gasteiger partial charge in [0.25, 0.3) is 5.91 Å². The third-order valence-corrected chi connectivity index (χ3v) is 4.52. The summed E-state index contributed by atoms with van der Waals surface area (Å²) in [6, 6.07) is 5.69. The third-order valence-electron chi connectivity index (χ3n) is 4.52. The van der Waals surface area contributed by atoms with Crippen molar-refractivity contribution in [3.8, 4) is 0 Å². The Labute approximate surface area is 125 Å². The lowest BCUT2D eigenvalue weighted by atomic mass is 9.99. The fourth-order valence-electron chi connectivity index (χ4n) is 3.42. The first-order valence-corrected chi connectivity index (χ1v) is 7.82. The average Bonchev–Trinajstić information content (AvgIpc) is 2.80. The summed E-state index contributed by atoms with van der Waals surface area (Å²) in [5.74, 6) is 0.810. The van der Waals surface area contributed by atoms with E-state index in [-0.39, 0.29) is 11.8 Å². The van der Waals surface area contributed by atoms with Crippen LogP contribution in [0.2, 0.25) is 0 Å². The van der Waals surface area contributed by atoms with Crippen molar-refractivity contribution < 1.29 is 9.59 Å². The molecule has 0 spiro atoms. The molecule has 4 heteroatoms. The predicted molar refractivity (Wildman–Crippen MR) is 82.5 cm³/mol. The summed E-state index contributed by atoms with van der Waals surface area (Å²) in [6.45, 7) is 6.54. The molecule has 0 unspecified atom stereocenters. The van der Waals surface area contributed by atoms with Gasteiger partial charge in [-0.1, -0.05) is 6.92 Å². The van der Waals surface area contributed by atoms with Gasteiger partial charge in [0.1, 0.15) is 0 Å². The molecule has 112 valence electrons. The highest BCUT2D eigenvalue weighted by molar-refractivity contribution is 6.03. The van der Waals surface area contributed by atoms with E-state index in [0.717, 1.165) is 30.8 Å². The van der Waals surface area contributed by atoms with Gasteiger partial charge in [0, 0.05) is 30.9 Å². The van der Waals surface area contributed by atoms with Gasteiger partial charge < -0.3 is 9.80 Å². The molecule has 21 heavy (non-hydrogen) atoms. The number of nitrogens with zero attached hydrogens (tertiary/aromatic N) is 2. The quantitative estimate of drug-likeness (QED) is 0.838. The number of piperidine rings is 1. The number of likely N-dealkylation sites (tertiary alicyclic amines) is 1. The van der Waals surface area contributed by atoms with Crippen LogP contribution >= 0.6 is 0 Å². The first-order chi connectivity index (χ1) is 10.1. The zero-order valence-corrected chi connectivity index (χ0v) is 12.8. The molecule has 0 N–H and O–H groups in total. The fraction of sp³-hybridized carbons (Fsp3) is 0.529. The maximum Gasteiger partial charge on any atom is 0.253 e. The van der Waals surface area contributed by atoms with E-state index in [9.17, 15) is 9.59 Å². The molecule has 1 aromatic carbocycles. The van der Waals surface area contributed by atoms with Gasteiger partial charge in [-0.25, -0.2) is 0 Å². The number of hydrogen-bond donors (Lipinski definition) is 0. The van der Waals surface area contributed by atoms with Crippen LogP contribution in [0.5, 0.6) is 0 Å². The van der Waals surface area contributed by atoms with Crippen molar-refractivity contribution in [2.24, 2.45) is 5.92 Å². The van der Waals surface area contributed by atoms with E-state index in [1.165, 1.54) is 6.42 Å². The van der Waals surface area contributed by atoms with E-state index in [2.05, 4.69) is 6.92 Å². The van der Waals surface area contributed by atoms with Crippen LogP contribution in [0.15, 0.2) is 18.2 Å². The standard InChI is InChI=1S/C17H22N2O2/c1-3-19-15-7-6-13(9-14(15)10-16(19)20)17(21)18-8-4-5-12(2)11-18/h6-7,9,12H,3-5,8,10-11H2,1-2H3/t12-/m0/s1. The predicted octanol–water partition coefficient (Wildman–Crippen LogP) is 2.47. The van der Waals surface area contributed by atoms with E-state index >= 15 is 0 Å². The summed E-state index contributed by atoms with van der Waals surface area (Å²) < 4.78 is 0. The first kappa shape index (κ1) is 14.1. The van der Waals surface area contributed by atoms with Crippen molar-refractivity contribution in [2.45, 2.75) is 33.1 Å². The highest BCUT2D eigenvalue weighted by atomic mass is 16.2. The van der Waals surface area contributed by atoms with Gasteiger partial charge in [0.05, 0.1) is 6.42 Å². The average molecular weight is 286 g/mol. The zero-order chi connectivity index (χ0) is 15.0. The number of rotatable bonds is 2. The Kier molecular flexibility index (Phi) is 3.70. The molecule has 2 amide bonds. The molecule has 0 saturated carbocycles. The van der Waals surface area contributed by atoms with E-state index in [4.69, 9.17) is 0 Å². The molecule has 0 aliphatic carbocycles. The Bertz CT molecular complexity index is 582. The van der Waals surface area contributed by atoms with Gasteiger partial charge in [-0.2, -0.15) is 0 Å². The summed E-state index contributed by atoms with van der Waals surface area (Å²) in [7, 11) is 0. The van der Waals surface area contributed by atoms with Gasteiger partial charge in [-0.3, -0.25) is 9.59 Å². The molecule has 0 bridgehead atoms. The van der Waals surface area contributed by atoms with E-state index < -0.39 is 0 Å². The van der Waals surface area contributed by atoms with Crippen LogP contribution < -0.4 is 4.90 Å². The van der Waals surface area contributed by atoms with Gasteiger partial charge in [-0.15, -0.1) is 0 Å². The lowest BCUT2D eigenvalue weighted by Gasteiger charge is -2.31. The maximum absolute atomic E-state index is 12.6. The molecule has 2 aliphatic heterocycles. The molecule has 4 nitrogen and oxygen atoms in total. The molecule has 2 heterocycles. The van der Waals surface area contributed by atoms with Crippen LogP contribution in [0.1, 0.15) is 42.6 Å². The molecule has 1 aromatic rings. The Hall–Kier alpha value is -1.84. The summed E-state index contributed by atoms with van der Waals surface area (Å²) in [5, 5.41) is 0. The highest BCUT2D eigenvalue weighted by Crippen LogP contribution is 2.30. The second kappa shape index (κ2) is 5.51. The lowest BCUT2D eigenvalue weighted by molar-refractivity contribution is -0.117. The Morgan fingerprint density at radius 2 is 2.19 bits per heavy atom. The lowest BCUT2D eigenvalue weighted by Crippen LogP contribution is -2.39. The summed E-state index contributed by atoms with van der Waals surface area (Å²) >= 11 is 0. The van der Waals surface area contributed by atoms with Crippen LogP contribution in [-0.4, -0.2) is 36.3 Å². The summed E-state index contributed by atoms with van der Waals surface area (Å²) in [5.41, 5.74) is 2.66. The zero-order valence-electron chi connectivity index (χ0n) is 12.8. The van der Waals surface area contributed by atoms with Crippen molar-refractivity contribution in [1.29, 1.82) is 0 Å². The number of likely N-dealkylation sites (N-methyl/N-ethyl adjacent to an activating group) is 1. The van der Waals surface area contributed by atoms with Crippen molar-refractivity contribution in [3.63, 3.8) is 0 Å². The van der Waals surface area contributed by atoms with Crippen molar-refractivity contribution >= 4 is 17.5 Å². The van der Waals surface area contributed by atoms with E-state index in [1.807, 2.05) is 30.0 Å². The molecular weight excluding hydrogens is 264 g/mol. The SMILES string of the molecule is CCN1C(=O)Cc2cc(C(=O)N3CCC[C@H](C)C3)ccc21. The Morgan fingerprint density at radius 3 is 2.90 bits per heavy atom. The van der Waals surface area contributed by atoms with Gasteiger partial charge in [0.2, 0.25) is 5.91 Å². The number of hydrogen-bond acceptors (Lipinski definition) is 2. The molecule has 2 aliphatic rings.